The number of fused-ring (bicyclic) bond motifs is 10. The van der Waals surface area contributed by atoms with E-state index < -0.39 is 5.41 Å². The van der Waals surface area contributed by atoms with Gasteiger partial charge in [-0.2, -0.15) is 0 Å². The summed E-state index contributed by atoms with van der Waals surface area (Å²) in [5.74, 6) is 0.459. The van der Waals surface area contributed by atoms with Crippen LogP contribution in [0.2, 0.25) is 0 Å². The molecule has 1 unspecified atom stereocenters. The molecule has 0 saturated heterocycles. The first-order valence-electron chi connectivity index (χ1n) is 22.1. The van der Waals surface area contributed by atoms with Crippen LogP contribution in [0.3, 0.4) is 0 Å². The van der Waals surface area contributed by atoms with E-state index in [1.807, 2.05) is 0 Å². The molecule has 0 heterocycles. The van der Waals surface area contributed by atoms with Crippen molar-refractivity contribution in [1.29, 1.82) is 0 Å². The van der Waals surface area contributed by atoms with Crippen LogP contribution >= 0.6 is 0 Å². The normalized spacial score (nSPS) is 17.8. The molecule has 0 aromatic heterocycles. The van der Waals surface area contributed by atoms with E-state index in [9.17, 15) is 0 Å². The third-order valence-corrected chi connectivity index (χ3v) is 14.8. The Labute approximate surface area is 360 Å². The van der Waals surface area contributed by atoms with Gasteiger partial charge >= 0.3 is 0 Å². The minimum Gasteiger partial charge on any atom is -0.311 e. The van der Waals surface area contributed by atoms with E-state index in [0.717, 1.165) is 12.1 Å². The minimum absolute atomic E-state index is 0.0869. The molecule has 8 aromatic rings. The van der Waals surface area contributed by atoms with Gasteiger partial charge in [0, 0.05) is 27.9 Å². The molecule has 0 N–H and O–H groups in total. The van der Waals surface area contributed by atoms with Crippen molar-refractivity contribution in [2.24, 2.45) is 5.92 Å². The van der Waals surface area contributed by atoms with Crippen molar-refractivity contribution in [2.75, 3.05) is 4.90 Å². The maximum absolute atomic E-state index is 2.56. The lowest BCUT2D eigenvalue weighted by atomic mass is 9.66. The van der Waals surface area contributed by atoms with Gasteiger partial charge in [0.2, 0.25) is 0 Å². The Morgan fingerprint density at radius 2 is 0.918 bits per heavy atom. The molecule has 0 bridgehead atoms. The van der Waals surface area contributed by atoms with Crippen LogP contribution in [0.4, 0.5) is 11.4 Å². The van der Waals surface area contributed by atoms with Crippen molar-refractivity contribution < 1.29 is 0 Å². The first-order chi connectivity index (χ1) is 29.7. The molecular formula is C60H49N. The monoisotopic (exact) mass is 783 g/mol. The van der Waals surface area contributed by atoms with E-state index in [1.165, 1.54) is 100 Å². The van der Waals surface area contributed by atoms with Gasteiger partial charge in [0.05, 0.1) is 5.41 Å². The average Bonchev–Trinajstić information content (AvgIpc) is 3.80. The Bertz CT molecular complexity index is 3140. The Morgan fingerprint density at radius 3 is 1.61 bits per heavy atom. The highest BCUT2D eigenvalue weighted by molar-refractivity contribution is 5.94. The zero-order valence-electron chi connectivity index (χ0n) is 35.6. The van der Waals surface area contributed by atoms with Gasteiger partial charge in [-0.05, 0) is 143 Å². The molecule has 0 amide bonds. The molecule has 1 atom stereocenters. The maximum atomic E-state index is 2.56. The summed E-state index contributed by atoms with van der Waals surface area (Å²) < 4.78 is 0. The number of allylic oxidation sites excluding steroid dienone is 3. The molecule has 0 spiro atoms. The summed E-state index contributed by atoms with van der Waals surface area (Å²) in [5.41, 5.74) is 21.7. The Balaban J connectivity index is 1.04. The number of anilines is 2. The van der Waals surface area contributed by atoms with E-state index in [0.29, 0.717) is 5.92 Å². The molecule has 4 aliphatic rings. The fourth-order valence-corrected chi connectivity index (χ4v) is 11.8. The van der Waals surface area contributed by atoms with Gasteiger partial charge in [-0.15, -0.1) is 0 Å². The largest absolute Gasteiger partial charge is 0.311 e. The average molecular weight is 784 g/mol. The lowest BCUT2D eigenvalue weighted by Gasteiger charge is -2.36. The highest BCUT2D eigenvalue weighted by Gasteiger charge is 2.47. The second kappa shape index (κ2) is 12.9. The predicted molar refractivity (Wildman–Crippen MR) is 256 cm³/mol. The molecule has 4 aliphatic carbocycles. The van der Waals surface area contributed by atoms with Crippen molar-refractivity contribution in [3.05, 3.63) is 238 Å². The summed E-state index contributed by atoms with van der Waals surface area (Å²) in [6.45, 7) is 11.9. The number of rotatable bonds is 5. The summed E-state index contributed by atoms with van der Waals surface area (Å²) in [6.07, 6.45) is 8.16. The minimum atomic E-state index is -0.511. The Kier molecular flexibility index (Phi) is 7.65. The number of nitrogens with zero attached hydrogens (tertiary/aromatic N) is 1. The summed E-state index contributed by atoms with van der Waals surface area (Å²) in [6, 6.07) is 65.0. The molecule has 12 rings (SSSR count). The van der Waals surface area contributed by atoms with Crippen LogP contribution in [0.5, 0.6) is 0 Å². The molecule has 1 nitrogen and oxygen atoms in total. The first kappa shape index (κ1) is 36.2. The van der Waals surface area contributed by atoms with Gasteiger partial charge in [0.25, 0.3) is 0 Å². The van der Waals surface area contributed by atoms with Crippen LogP contribution in [0, 0.1) is 5.92 Å². The smallest absolute Gasteiger partial charge is 0.0713 e. The fourth-order valence-electron chi connectivity index (χ4n) is 11.8. The number of hydrogen-bond acceptors (Lipinski definition) is 1. The quantitative estimate of drug-likeness (QED) is 0.168. The van der Waals surface area contributed by atoms with E-state index >= 15 is 0 Å². The summed E-state index contributed by atoms with van der Waals surface area (Å²) in [5, 5.41) is 2.59. The molecular weight excluding hydrogens is 735 g/mol. The van der Waals surface area contributed by atoms with Gasteiger partial charge in [-0.1, -0.05) is 180 Å². The van der Waals surface area contributed by atoms with Crippen LogP contribution in [-0.2, 0) is 16.2 Å². The lowest BCUT2D eigenvalue weighted by molar-refractivity contribution is 0.656. The second-order valence-corrected chi connectivity index (χ2v) is 19.0. The molecule has 8 aromatic carbocycles. The molecule has 1 heteroatoms. The van der Waals surface area contributed by atoms with Crippen molar-refractivity contribution in [2.45, 2.75) is 57.3 Å². The zero-order chi connectivity index (χ0) is 41.3. The number of hydrogen-bond donors (Lipinski definition) is 0. The van der Waals surface area contributed by atoms with E-state index in [-0.39, 0.29) is 10.8 Å². The van der Waals surface area contributed by atoms with Gasteiger partial charge in [0.1, 0.15) is 0 Å². The van der Waals surface area contributed by atoms with Crippen LogP contribution in [-0.4, -0.2) is 0 Å². The SMILES string of the molecule is CC1C=C(N(c2ccc(C3(c4ccc5c(c4)C(C)(C)c4cc6ccccc6cc4-5)c4ccccc4-c4ccccc43)cc2)c2ccc3c(c2)C(C)(C)c2ccccc2-3)C=CC1. The van der Waals surface area contributed by atoms with Gasteiger partial charge in [-0.25, -0.2) is 0 Å². The van der Waals surface area contributed by atoms with E-state index in [2.05, 4.69) is 228 Å². The van der Waals surface area contributed by atoms with E-state index in [4.69, 9.17) is 0 Å². The first-order valence-corrected chi connectivity index (χ1v) is 22.1. The van der Waals surface area contributed by atoms with Crippen LogP contribution in [0.1, 0.15) is 85.5 Å². The third kappa shape index (κ3) is 5.01. The molecule has 294 valence electrons. The zero-order valence-corrected chi connectivity index (χ0v) is 35.6. The van der Waals surface area contributed by atoms with Crippen molar-refractivity contribution >= 4 is 22.1 Å². The third-order valence-electron chi connectivity index (χ3n) is 14.8. The van der Waals surface area contributed by atoms with Gasteiger partial charge in [-0.3, -0.25) is 0 Å². The summed E-state index contributed by atoms with van der Waals surface area (Å²) >= 11 is 0. The van der Waals surface area contributed by atoms with Gasteiger partial charge < -0.3 is 4.90 Å². The standard InChI is InChI=1S/C60H49N/c1-38-15-14-18-44(33-38)61(45-30-32-49-46-19-8-11-22-52(46)58(2,3)57(49)37-45)43-28-25-41(26-29-43)60(53-23-12-9-20-47(53)48-21-10-13-24-54(48)60)42-27-31-50-51-34-39-16-6-7-17-40(39)35-55(51)59(4,5)56(50)36-42/h6-14,16-38H,15H2,1-5H3. The van der Waals surface area contributed by atoms with Crippen molar-refractivity contribution in [3.63, 3.8) is 0 Å². The second-order valence-electron chi connectivity index (χ2n) is 19.0. The predicted octanol–water partition coefficient (Wildman–Crippen LogP) is 15.4. The highest BCUT2D eigenvalue weighted by Crippen LogP contribution is 2.59. The van der Waals surface area contributed by atoms with Crippen LogP contribution in [0.15, 0.2) is 194 Å². The molecule has 0 aliphatic heterocycles. The Morgan fingerprint density at radius 1 is 0.426 bits per heavy atom. The molecule has 0 radical (unpaired) electrons. The van der Waals surface area contributed by atoms with Crippen molar-refractivity contribution in [3.8, 4) is 33.4 Å². The van der Waals surface area contributed by atoms with Gasteiger partial charge in [0.15, 0.2) is 0 Å². The maximum Gasteiger partial charge on any atom is 0.0713 e. The van der Waals surface area contributed by atoms with E-state index in [1.54, 1.807) is 0 Å². The Hall–Kier alpha value is -6.70. The number of benzene rings is 8. The fraction of sp³-hybridized carbons (Fsp3) is 0.167. The lowest BCUT2D eigenvalue weighted by Crippen LogP contribution is -2.29. The summed E-state index contributed by atoms with van der Waals surface area (Å²) in [7, 11) is 0. The van der Waals surface area contributed by atoms with Crippen LogP contribution < -0.4 is 4.90 Å². The highest BCUT2D eigenvalue weighted by atomic mass is 15.1. The molecule has 61 heavy (non-hydrogen) atoms. The molecule has 0 saturated carbocycles. The van der Waals surface area contributed by atoms with Crippen LogP contribution in [0.25, 0.3) is 44.2 Å². The topological polar surface area (TPSA) is 3.24 Å². The molecule has 0 fully saturated rings. The van der Waals surface area contributed by atoms with Crippen molar-refractivity contribution in [1.82, 2.24) is 0 Å². The summed E-state index contributed by atoms with van der Waals surface area (Å²) in [4.78, 5) is 2.48.